The molecule has 1 N–H and O–H groups in total. The lowest BCUT2D eigenvalue weighted by molar-refractivity contribution is -0.118. The van der Waals surface area contributed by atoms with Gasteiger partial charge in [0, 0.05) is 4.86 Å². The first-order chi connectivity index (χ1) is 4.25. The van der Waals surface area contributed by atoms with E-state index in [9.17, 15) is 4.79 Å². The van der Waals surface area contributed by atoms with Crippen molar-refractivity contribution in [1.82, 2.24) is 5.32 Å². The second-order valence-corrected chi connectivity index (χ2v) is 3.27. The molecular formula is C5H7NOS2. The zero-order valence-corrected chi connectivity index (χ0v) is 6.64. The van der Waals surface area contributed by atoms with E-state index >= 15 is 0 Å². The lowest BCUT2D eigenvalue weighted by Gasteiger charge is -1.98. The summed E-state index contributed by atoms with van der Waals surface area (Å²) in [5, 5.41) is 2.60. The molecule has 1 rings (SSSR count). The van der Waals surface area contributed by atoms with Gasteiger partial charge in [-0.15, -0.1) is 11.8 Å². The summed E-state index contributed by atoms with van der Waals surface area (Å²) in [5.41, 5.74) is 0. The molecule has 0 aromatic carbocycles. The minimum absolute atomic E-state index is 0.0625. The average molecular weight is 161 g/mol. The highest BCUT2D eigenvalue weighted by Gasteiger charge is 2.27. The van der Waals surface area contributed by atoms with Crippen molar-refractivity contribution >= 4 is 34.8 Å². The third-order valence-electron chi connectivity index (χ3n) is 1.20. The van der Waals surface area contributed by atoms with Gasteiger partial charge in [0.25, 0.3) is 0 Å². The van der Waals surface area contributed by atoms with Crippen LogP contribution in [-0.4, -0.2) is 28.8 Å². The van der Waals surface area contributed by atoms with Crippen LogP contribution in [0.5, 0.6) is 0 Å². The van der Waals surface area contributed by atoms with Crippen molar-refractivity contribution in [1.29, 1.82) is 0 Å². The standard InChI is InChI=1S/C5H7NOS2/c1-9-4-3(8)2-6-5(4)7/h4H,2H2,1H3,(H,6,7). The first-order valence-corrected chi connectivity index (χ1v) is 4.28. The van der Waals surface area contributed by atoms with E-state index in [1.807, 2.05) is 6.26 Å². The average Bonchev–Trinajstić information content (AvgIpc) is 2.12. The van der Waals surface area contributed by atoms with Crippen molar-refractivity contribution < 1.29 is 4.79 Å². The van der Waals surface area contributed by atoms with Crippen LogP contribution in [0.1, 0.15) is 0 Å². The highest BCUT2D eigenvalue weighted by Crippen LogP contribution is 2.12. The van der Waals surface area contributed by atoms with Crippen molar-refractivity contribution in [2.24, 2.45) is 0 Å². The van der Waals surface area contributed by atoms with Crippen LogP contribution in [0.3, 0.4) is 0 Å². The van der Waals surface area contributed by atoms with Gasteiger partial charge in [-0.1, -0.05) is 12.2 Å². The molecule has 1 atom stereocenters. The van der Waals surface area contributed by atoms with Crippen LogP contribution in [0, 0.1) is 0 Å². The third-order valence-corrected chi connectivity index (χ3v) is 2.70. The molecular weight excluding hydrogens is 154 g/mol. The Hall–Kier alpha value is -0.0900. The minimum atomic E-state index is -0.0694. The van der Waals surface area contributed by atoms with E-state index in [1.54, 1.807) is 0 Å². The van der Waals surface area contributed by atoms with Crippen LogP contribution in [0.15, 0.2) is 0 Å². The number of thioether (sulfide) groups is 1. The van der Waals surface area contributed by atoms with E-state index in [0.29, 0.717) is 6.54 Å². The van der Waals surface area contributed by atoms with Crippen LogP contribution in [0.25, 0.3) is 0 Å². The van der Waals surface area contributed by atoms with E-state index in [2.05, 4.69) is 5.32 Å². The number of amides is 1. The number of carbonyl (C=O) groups excluding carboxylic acids is 1. The lowest BCUT2D eigenvalue weighted by Crippen LogP contribution is -2.21. The van der Waals surface area contributed by atoms with Gasteiger partial charge in [0.15, 0.2) is 0 Å². The second-order valence-electron chi connectivity index (χ2n) is 1.80. The Labute approximate surface area is 63.4 Å². The molecule has 1 amide bonds. The molecule has 0 saturated carbocycles. The van der Waals surface area contributed by atoms with E-state index in [1.165, 1.54) is 11.8 Å². The Morgan fingerprint density at radius 2 is 2.56 bits per heavy atom. The molecule has 0 aromatic heterocycles. The van der Waals surface area contributed by atoms with Crippen molar-refractivity contribution in [2.45, 2.75) is 5.25 Å². The number of hydrogen-bond acceptors (Lipinski definition) is 3. The fourth-order valence-corrected chi connectivity index (χ4v) is 1.86. The molecule has 1 unspecified atom stereocenters. The monoisotopic (exact) mass is 161 g/mol. The van der Waals surface area contributed by atoms with Gasteiger partial charge in [0.2, 0.25) is 5.91 Å². The molecule has 1 aliphatic rings. The Bertz CT molecular complexity index is 141. The topological polar surface area (TPSA) is 29.1 Å². The first-order valence-electron chi connectivity index (χ1n) is 2.59. The number of rotatable bonds is 1. The fraction of sp³-hybridized carbons (Fsp3) is 0.600. The summed E-state index contributed by atoms with van der Waals surface area (Å²) in [6.45, 7) is 0.583. The van der Waals surface area contributed by atoms with Crippen molar-refractivity contribution in [3.8, 4) is 0 Å². The number of carbonyl (C=O) groups is 1. The molecule has 0 radical (unpaired) electrons. The Kier molecular flexibility index (Phi) is 2.08. The van der Waals surface area contributed by atoms with Crippen molar-refractivity contribution in [3.05, 3.63) is 0 Å². The summed E-state index contributed by atoms with van der Waals surface area (Å²) >= 11 is 6.41. The molecule has 0 aromatic rings. The molecule has 0 bridgehead atoms. The molecule has 50 valence electrons. The van der Waals surface area contributed by atoms with E-state index in [4.69, 9.17) is 12.2 Å². The maximum Gasteiger partial charge on any atom is 0.238 e. The summed E-state index contributed by atoms with van der Waals surface area (Å²) in [7, 11) is 0. The molecule has 0 spiro atoms. The highest BCUT2D eigenvalue weighted by atomic mass is 32.2. The van der Waals surface area contributed by atoms with Crippen LogP contribution in [0.4, 0.5) is 0 Å². The van der Waals surface area contributed by atoms with Gasteiger partial charge in [-0.2, -0.15) is 0 Å². The predicted molar refractivity (Wildman–Crippen MR) is 42.9 cm³/mol. The van der Waals surface area contributed by atoms with Crippen LogP contribution in [0.2, 0.25) is 0 Å². The second kappa shape index (κ2) is 2.66. The Morgan fingerprint density at radius 1 is 1.89 bits per heavy atom. The lowest BCUT2D eigenvalue weighted by atomic mass is 10.4. The molecule has 1 aliphatic heterocycles. The maximum atomic E-state index is 10.8. The molecule has 1 heterocycles. The van der Waals surface area contributed by atoms with Gasteiger partial charge < -0.3 is 5.32 Å². The van der Waals surface area contributed by atoms with E-state index < -0.39 is 0 Å². The quantitative estimate of drug-likeness (QED) is 0.558. The van der Waals surface area contributed by atoms with Crippen molar-refractivity contribution in [3.63, 3.8) is 0 Å². The molecule has 2 nitrogen and oxygen atoms in total. The normalized spacial score (nSPS) is 26.6. The van der Waals surface area contributed by atoms with Crippen LogP contribution < -0.4 is 5.32 Å². The number of thiocarbonyl (C=S) groups is 1. The summed E-state index contributed by atoms with van der Waals surface area (Å²) < 4.78 is 0. The van der Waals surface area contributed by atoms with Gasteiger partial charge in [-0.05, 0) is 6.26 Å². The Morgan fingerprint density at radius 3 is 2.78 bits per heavy atom. The summed E-state index contributed by atoms with van der Waals surface area (Å²) in [5.74, 6) is 0.0625. The summed E-state index contributed by atoms with van der Waals surface area (Å²) in [6.07, 6.45) is 1.89. The molecule has 0 aliphatic carbocycles. The van der Waals surface area contributed by atoms with Gasteiger partial charge in [-0.3, -0.25) is 4.79 Å². The summed E-state index contributed by atoms with van der Waals surface area (Å²) in [4.78, 5) is 11.6. The number of hydrogen-bond donors (Lipinski definition) is 1. The molecule has 9 heavy (non-hydrogen) atoms. The number of nitrogens with one attached hydrogen (secondary N) is 1. The predicted octanol–water partition coefficient (Wildman–Crippen LogP) is 0.218. The largest absolute Gasteiger partial charge is 0.350 e. The highest BCUT2D eigenvalue weighted by molar-refractivity contribution is 8.02. The molecule has 1 fully saturated rings. The first kappa shape index (κ1) is 7.02. The van der Waals surface area contributed by atoms with Gasteiger partial charge >= 0.3 is 0 Å². The van der Waals surface area contributed by atoms with Gasteiger partial charge in [0.1, 0.15) is 5.25 Å². The van der Waals surface area contributed by atoms with Gasteiger partial charge in [-0.25, -0.2) is 0 Å². The fourth-order valence-electron chi connectivity index (χ4n) is 0.744. The SMILES string of the molecule is CSC1C(=O)NCC1=S. The zero-order valence-electron chi connectivity index (χ0n) is 5.01. The third kappa shape index (κ3) is 1.24. The smallest absolute Gasteiger partial charge is 0.238 e. The Balaban J connectivity index is 2.66. The molecule has 4 heteroatoms. The van der Waals surface area contributed by atoms with Crippen LogP contribution in [-0.2, 0) is 4.79 Å². The van der Waals surface area contributed by atoms with E-state index in [0.717, 1.165) is 4.86 Å². The van der Waals surface area contributed by atoms with Crippen molar-refractivity contribution in [2.75, 3.05) is 12.8 Å². The zero-order chi connectivity index (χ0) is 6.85. The maximum absolute atomic E-state index is 10.8. The van der Waals surface area contributed by atoms with E-state index in [-0.39, 0.29) is 11.2 Å². The summed E-state index contributed by atoms with van der Waals surface area (Å²) in [6, 6.07) is 0. The van der Waals surface area contributed by atoms with Crippen LogP contribution >= 0.6 is 24.0 Å². The minimum Gasteiger partial charge on any atom is -0.350 e. The van der Waals surface area contributed by atoms with Gasteiger partial charge in [0.05, 0.1) is 6.54 Å². The molecule has 1 saturated heterocycles.